The highest BCUT2D eigenvalue weighted by atomic mass is 35.5. The fourth-order valence-electron chi connectivity index (χ4n) is 2.01. The number of nitrogens with one attached hydrogen (secondary N) is 2. The van der Waals surface area contributed by atoms with Crippen molar-refractivity contribution in [2.45, 2.75) is 6.92 Å². The third kappa shape index (κ3) is 3.47. The molecule has 4 nitrogen and oxygen atoms in total. The van der Waals surface area contributed by atoms with E-state index >= 15 is 0 Å². The van der Waals surface area contributed by atoms with E-state index in [2.05, 4.69) is 10.6 Å². The molecule has 0 radical (unpaired) electrons. The maximum Gasteiger partial charge on any atom is 0.255 e. The molecule has 1 amide bonds. The molecule has 0 atom stereocenters. The molecule has 21 heavy (non-hydrogen) atoms. The summed E-state index contributed by atoms with van der Waals surface area (Å²) in [6, 6.07) is 10.7. The summed E-state index contributed by atoms with van der Waals surface area (Å²) in [6.45, 7) is 1.90. The van der Waals surface area contributed by atoms with Crippen molar-refractivity contribution in [3.8, 4) is 5.75 Å². The molecule has 0 aliphatic heterocycles. The monoisotopic (exact) mass is 304 g/mol. The van der Waals surface area contributed by atoms with E-state index in [-0.39, 0.29) is 5.91 Å². The minimum atomic E-state index is -0.167. The van der Waals surface area contributed by atoms with E-state index in [1.165, 1.54) is 7.11 Å². The lowest BCUT2D eigenvalue weighted by Crippen LogP contribution is -2.13. The third-order valence-electron chi connectivity index (χ3n) is 3.17. The zero-order chi connectivity index (χ0) is 15.4. The van der Waals surface area contributed by atoms with Gasteiger partial charge in [-0.05, 0) is 42.8 Å². The van der Waals surface area contributed by atoms with Crippen molar-refractivity contribution in [1.29, 1.82) is 0 Å². The molecule has 2 N–H and O–H groups in total. The number of carbonyl (C=O) groups excluding carboxylic acids is 1. The number of ether oxygens (including phenoxy) is 1. The number of benzene rings is 2. The molecule has 0 spiro atoms. The van der Waals surface area contributed by atoms with Gasteiger partial charge < -0.3 is 15.4 Å². The van der Waals surface area contributed by atoms with Gasteiger partial charge >= 0.3 is 0 Å². The Hall–Kier alpha value is -2.20. The second-order valence-electron chi connectivity index (χ2n) is 4.58. The number of carbonyl (C=O) groups is 1. The summed E-state index contributed by atoms with van der Waals surface area (Å²) in [6.07, 6.45) is 0. The minimum Gasteiger partial charge on any atom is -0.495 e. The average molecular weight is 305 g/mol. The zero-order valence-electron chi connectivity index (χ0n) is 12.2. The Morgan fingerprint density at radius 2 is 1.86 bits per heavy atom. The van der Waals surface area contributed by atoms with Crippen molar-refractivity contribution in [3.05, 3.63) is 52.5 Å². The molecule has 5 heteroatoms. The Bertz CT molecular complexity index is 671. The van der Waals surface area contributed by atoms with E-state index in [1.807, 2.05) is 26.1 Å². The van der Waals surface area contributed by atoms with Crippen LogP contribution >= 0.6 is 11.6 Å². The smallest absolute Gasteiger partial charge is 0.255 e. The van der Waals surface area contributed by atoms with Crippen LogP contribution in [0, 0.1) is 6.92 Å². The lowest BCUT2D eigenvalue weighted by Gasteiger charge is -2.11. The highest BCUT2D eigenvalue weighted by molar-refractivity contribution is 6.32. The van der Waals surface area contributed by atoms with Crippen LogP contribution in [0.25, 0.3) is 0 Å². The largest absolute Gasteiger partial charge is 0.495 e. The molecule has 2 rings (SSSR count). The Kier molecular flexibility index (Phi) is 4.70. The molecule has 2 aromatic rings. The fraction of sp³-hybridized carbons (Fsp3) is 0.188. The lowest BCUT2D eigenvalue weighted by molar-refractivity contribution is 0.102. The van der Waals surface area contributed by atoms with Crippen LogP contribution in [-0.4, -0.2) is 20.1 Å². The van der Waals surface area contributed by atoms with E-state index in [4.69, 9.17) is 16.3 Å². The van der Waals surface area contributed by atoms with Crippen molar-refractivity contribution >= 4 is 28.9 Å². The van der Waals surface area contributed by atoms with Gasteiger partial charge in [0.05, 0.1) is 12.1 Å². The number of hydrogen-bond donors (Lipinski definition) is 2. The van der Waals surface area contributed by atoms with Gasteiger partial charge in [-0.3, -0.25) is 4.79 Å². The van der Waals surface area contributed by atoms with Crippen LogP contribution in [0.1, 0.15) is 15.9 Å². The van der Waals surface area contributed by atoms with Crippen LogP contribution in [0.3, 0.4) is 0 Å². The van der Waals surface area contributed by atoms with Gasteiger partial charge in [0.1, 0.15) is 5.75 Å². The molecule has 0 heterocycles. The standard InChI is InChI=1S/C16H17ClN2O2/c1-10-8-11(18-2)4-6-13(10)16(20)19-12-5-7-14(17)15(9-12)21-3/h4-9,18H,1-3H3,(H,19,20). The van der Waals surface area contributed by atoms with Crippen molar-refractivity contribution in [3.63, 3.8) is 0 Å². The van der Waals surface area contributed by atoms with Crippen molar-refractivity contribution < 1.29 is 9.53 Å². The Morgan fingerprint density at radius 3 is 2.48 bits per heavy atom. The predicted molar refractivity (Wildman–Crippen MR) is 86.7 cm³/mol. The first-order valence-electron chi connectivity index (χ1n) is 6.48. The second-order valence-corrected chi connectivity index (χ2v) is 4.99. The SMILES string of the molecule is CNc1ccc(C(=O)Nc2ccc(Cl)c(OC)c2)c(C)c1. The molecule has 0 aliphatic rings. The second kappa shape index (κ2) is 6.50. The molecule has 0 saturated carbocycles. The molecular formula is C16H17ClN2O2. The Morgan fingerprint density at radius 1 is 1.14 bits per heavy atom. The maximum absolute atomic E-state index is 12.3. The quantitative estimate of drug-likeness (QED) is 0.899. The Labute approximate surface area is 129 Å². The van der Waals surface area contributed by atoms with Crippen LogP contribution < -0.4 is 15.4 Å². The molecule has 110 valence electrons. The van der Waals surface area contributed by atoms with Gasteiger partial charge in [0.15, 0.2) is 0 Å². The summed E-state index contributed by atoms with van der Waals surface area (Å²) in [7, 11) is 3.38. The molecule has 0 aliphatic carbocycles. The van der Waals surface area contributed by atoms with E-state index in [0.29, 0.717) is 22.0 Å². The number of amides is 1. The molecule has 0 aromatic heterocycles. The topological polar surface area (TPSA) is 50.4 Å². The first kappa shape index (κ1) is 15.2. The van der Waals surface area contributed by atoms with Gasteiger partial charge in [0.2, 0.25) is 0 Å². The Balaban J connectivity index is 2.22. The predicted octanol–water partition coefficient (Wildman–Crippen LogP) is 3.95. The molecule has 0 saturated heterocycles. The van der Waals surface area contributed by atoms with Crippen LogP contribution in [0.15, 0.2) is 36.4 Å². The number of aryl methyl sites for hydroxylation is 1. The van der Waals surface area contributed by atoms with Gasteiger partial charge in [-0.15, -0.1) is 0 Å². The highest BCUT2D eigenvalue weighted by Gasteiger charge is 2.11. The molecular weight excluding hydrogens is 288 g/mol. The highest BCUT2D eigenvalue weighted by Crippen LogP contribution is 2.27. The van der Waals surface area contributed by atoms with Gasteiger partial charge in [-0.1, -0.05) is 11.6 Å². The maximum atomic E-state index is 12.3. The summed E-state index contributed by atoms with van der Waals surface area (Å²) in [4.78, 5) is 12.3. The van der Waals surface area contributed by atoms with E-state index < -0.39 is 0 Å². The van der Waals surface area contributed by atoms with E-state index in [0.717, 1.165) is 11.3 Å². The van der Waals surface area contributed by atoms with Crippen LogP contribution in [-0.2, 0) is 0 Å². The van der Waals surface area contributed by atoms with Gasteiger partial charge in [0.25, 0.3) is 5.91 Å². The summed E-state index contributed by atoms with van der Waals surface area (Å²) in [5, 5.41) is 6.39. The fourth-order valence-corrected chi connectivity index (χ4v) is 2.20. The summed E-state index contributed by atoms with van der Waals surface area (Å²) in [5.74, 6) is 0.358. The van der Waals surface area contributed by atoms with Crippen molar-refractivity contribution in [2.75, 3.05) is 24.8 Å². The normalized spacial score (nSPS) is 10.1. The number of methoxy groups -OCH3 is 1. The average Bonchev–Trinajstić information content (AvgIpc) is 2.48. The van der Waals surface area contributed by atoms with Crippen molar-refractivity contribution in [2.24, 2.45) is 0 Å². The number of halogens is 1. The van der Waals surface area contributed by atoms with Crippen LogP contribution in [0.5, 0.6) is 5.75 Å². The molecule has 0 fully saturated rings. The zero-order valence-corrected chi connectivity index (χ0v) is 12.9. The first-order chi connectivity index (χ1) is 10.0. The number of rotatable bonds is 4. The molecule has 0 bridgehead atoms. The third-order valence-corrected chi connectivity index (χ3v) is 3.48. The summed E-state index contributed by atoms with van der Waals surface area (Å²) < 4.78 is 5.14. The number of anilines is 2. The molecule has 2 aromatic carbocycles. The van der Waals surface area contributed by atoms with E-state index in [9.17, 15) is 4.79 Å². The van der Waals surface area contributed by atoms with Gasteiger partial charge in [-0.25, -0.2) is 0 Å². The number of hydrogen-bond acceptors (Lipinski definition) is 3. The van der Waals surface area contributed by atoms with E-state index in [1.54, 1.807) is 24.3 Å². The summed E-state index contributed by atoms with van der Waals surface area (Å²) >= 11 is 5.96. The van der Waals surface area contributed by atoms with Crippen LogP contribution in [0.4, 0.5) is 11.4 Å². The minimum absolute atomic E-state index is 0.167. The lowest BCUT2D eigenvalue weighted by atomic mass is 10.1. The molecule has 0 unspecified atom stereocenters. The van der Waals surface area contributed by atoms with Gasteiger partial charge in [0, 0.05) is 30.1 Å². The van der Waals surface area contributed by atoms with Crippen molar-refractivity contribution in [1.82, 2.24) is 0 Å². The van der Waals surface area contributed by atoms with Crippen LogP contribution in [0.2, 0.25) is 5.02 Å². The summed E-state index contributed by atoms with van der Waals surface area (Å²) in [5.41, 5.74) is 3.14. The first-order valence-corrected chi connectivity index (χ1v) is 6.86. The van der Waals surface area contributed by atoms with Gasteiger partial charge in [-0.2, -0.15) is 0 Å².